The lowest BCUT2D eigenvalue weighted by molar-refractivity contribution is 0.167. The van der Waals surface area contributed by atoms with Crippen molar-refractivity contribution in [3.05, 3.63) is 90.3 Å². The lowest BCUT2D eigenvalue weighted by Gasteiger charge is -2.39. The number of allylic oxidation sites excluding steroid dienone is 1. The van der Waals surface area contributed by atoms with Gasteiger partial charge in [-0.15, -0.1) is 0 Å². The van der Waals surface area contributed by atoms with Gasteiger partial charge in [0.15, 0.2) is 5.65 Å². The number of nitrogens with zero attached hydrogens (tertiary/aromatic N) is 5. The molecule has 7 nitrogen and oxygen atoms in total. The molecule has 186 valence electrons. The van der Waals surface area contributed by atoms with E-state index < -0.39 is 0 Å². The van der Waals surface area contributed by atoms with Crippen LogP contribution in [0.2, 0.25) is 0 Å². The van der Waals surface area contributed by atoms with Gasteiger partial charge in [-0.1, -0.05) is 48.5 Å². The summed E-state index contributed by atoms with van der Waals surface area (Å²) in [5.74, 6) is 0.732. The molecule has 37 heavy (non-hydrogen) atoms. The smallest absolute Gasteiger partial charge is 0.165 e. The molecule has 7 rings (SSSR count). The average Bonchev–Trinajstić information content (AvgIpc) is 3.52. The minimum atomic E-state index is -0.378. The summed E-state index contributed by atoms with van der Waals surface area (Å²) in [5.41, 5.74) is 13.0. The van der Waals surface area contributed by atoms with Gasteiger partial charge in [0.25, 0.3) is 0 Å². The molecule has 2 atom stereocenters. The standard InChI is InChI=1S/C30H31N7/c31-27-24(7-4-15-33-27)28-35-26-13-12-25(22-5-2-1-3-6-22)34-29(26)37(28)23-10-8-21(9-11-23)17-36-16-14-30(20-36)18-32-19-30/h1-13,15,24,27,32H,14,16-20,31H2. The summed E-state index contributed by atoms with van der Waals surface area (Å²) in [6.07, 6.45) is 6.72. The van der Waals surface area contributed by atoms with E-state index >= 15 is 0 Å². The molecule has 5 heterocycles. The number of dihydropyridines is 1. The van der Waals surface area contributed by atoms with Crippen molar-refractivity contribution in [1.29, 1.82) is 0 Å². The number of pyridine rings is 1. The van der Waals surface area contributed by atoms with Crippen molar-refractivity contribution >= 4 is 17.4 Å². The van der Waals surface area contributed by atoms with Crippen LogP contribution in [0, 0.1) is 5.41 Å². The van der Waals surface area contributed by atoms with Crippen molar-refractivity contribution in [1.82, 2.24) is 24.8 Å². The summed E-state index contributed by atoms with van der Waals surface area (Å²) in [4.78, 5) is 17.1. The molecule has 2 aromatic carbocycles. The predicted molar refractivity (Wildman–Crippen MR) is 148 cm³/mol. The van der Waals surface area contributed by atoms with E-state index in [1.165, 1.54) is 38.2 Å². The van der Waals surface area contributed by atoms with Crippen LogP contribution < -0.4 is 11.1 Å². The maximum atomic E-state index is 6.42. The second kappa shape index (κ2) is 9.03. The number of aromatic nitrogens is 3. The molecule has 0 amide bonds. The van der Waals surface area contributed by atoms with E-state index in [4.69, 9.17) is 15.7 Å². The van der Waals surface area contributed by atoms with Gasteiger partial charge in [-0.25, -0.2) is 9.97 Å². The Balaban J connectivity index is 1.26. The molecule has 0 radical (unpaired) electrons. The summed E-state index contributed by atoms with van der Waals surface area (Å²) in [6.45, 7) is 5.69. The molecule has 1 spiro atoms. The Bertz CT molecular complexity index is 1480. The largest absolute Gasteiger partial charge is 0.315 e. The van der Waals surface area contributed by atoms with Crippen molar-refractivity contribution in [3.8, 4) is 16.9 Å². The van der Waals surface area contributed by atoms with Crippen LogP contribution in [-0.2, 0) is 6.54 Å². The lowest BCUT2D eigenvalue weighted by Crippen LogP contribution is -2.54. The first-order valence-electron chi connectivity index (χ1n) is 13.1. The van der Waals surface area contributed by atoms with Crippen LogP contribution in [0.3, 0.4) is 0 Å². The van der Waals surface area contributed by atoms with Gasteiger partial charge in [-0.2, -0.15) is 0 Å². The molecule has 4 aromatic rings. The summed E-state index contributed by atoms with van der Waals surface area (Å²) in [5, 5.41) is 3.45. The molecule has 2 saturated heterocycles. The minimum Gasteiger partial charge on any atom is -0.315 e. The van der Waals surface area contributed by atoms with Crippen LogP contribution >= 0.6 is 0 Å². The van der Waals surface area contributed by atoms with Gasteiger partial charge in [0.05, 0.1) is 11.6 Å². The number of likely N-dealkylation sites (tertiary alicyclic amines) is 1. The van der Waals surface area contributed by atoms with E-state index in [0.717, 1.165) is 40.5 Å². The number of fused-ring (bicyclic) bond motifs is 1. The molecule has 0 saturated carbocycles. The molecule has 3 aliphatic rings. The number of hydrogen-bond donors (Lipinski definition) is 2. The Kier molecular flexibility index (Phi) is 5.50. The Morgan fingerprint density at radius 1 is 0.973 bits per heavy atom. The van der Waals surface area contributed by atoms with Crippen molar-refractivity contribution in [3.63, 3.8) is 0 Å². The Hall–Kier alpha value is -3.65. The lowest BCUT2D eigenvalue weighted by atomic mass is 9.81. The van der Waals surface area contributed by atoms with E-state index in [0.29, 0.717) is 5.41 Å². The van der Waals surface area contributed by atoms with Crippen LogP contribution in [0.25, 0.3) is 28.1 Å². The molecule has 0 aliphatic carbocycles. The summed E-state index contributed by atoms with van der Waals surface area (Å²) in [6, 6.07) is 23.2. The van der Waals surface area contributed by atoms with Crippen LogP contribution in [0.15, 0.2) is 83.9 Å². The number of hydrogen-bond acceptors (Lipinski definition) is 6. The summed E-state index contributed by atoms with van der Waals surface area (Å²) >= 11 is 0. The van der Waals surface area contributed by atoms with Crippen molar-refractivity contribution < 1.29 is 0 Å². The highest BCUT2D eigenvalue weighted by atomic mass is 15.2. The third-order valence-electron chi connectivity index (χ3n) is 8.05. The Morgan fingerprint density at radius 2 is 1.81 bits per heavy atom. The maximum absolute atomic E-state index is 6.42. The second-order valence-electron chi connectivity index (χ2n) is 10.6. The second-order valence-corrected chi connectivity index (χ2v) is 10.6. The third kappa shape index (κ3) is 4.09. The monoisotopic (exact) mass is 489 g/mol. The van der Waals surface area contributed by atoms with Crippen molar-refractivity contribution in [2.24, 2.45) is 16.1 Å². The number of benzene rings is 2. The zero-order valence-corrected chi connectivity index (χ0v) is 20.8. The fraction of sp³-hybridized carbons (Fsp3) is 0.300. The SMILES string of the molecule is NC1N=CC=CC1c1nc2ccc(-c3ccccc3)nc2n1-c1ccc(CN2CCC3(CNC3)C2)cc1. The van der Waals surface area contributed by atoms with Gasteiger partial charge in [0, 0.05) is 49.1 Å². The highest BCUT2D eigenvalue weighted by Gasteiger charge is 2.42. The quantitative estimate of drug-likeness (QED) is 0.444. The van der Waals surface area contributed by atoms with Gasteiger partial charge < -0.3 is 11.1 Å². The molecule has 3 N–H and O–H groups in total. The van der Waals surface area contributed by atoms with Gasteiger partial charge >= 0.3 is 0 Å². The van der Waals surface area contributed by atoms with Crippen molar-refractivity contribution in [2.45, 2.75) is 25.0 Å². The molecule has 2 aromatic heterocycles. The van der Waals surface area contributed by atoms with Gasteiger partial charge in [-0.05, 0) is 48.9 Å². The van der Waals surface area contributed by atoms with E-state index in [1.54, 1.807) is 6.21 Å². The summed E-state index contributed by atoms with van der Waals surface area (Å²) in [7, 11) is 0. The number of imidazole rings is 1. The maximum Gasteiger partial charge on any atom is 0.165 e. The molecule has 0 bridgehead atoms. The van der Waals surface area contributed by atoms with Crippen LogP contribution in [0.5, 0.6) is 0 Å². The van der Waals surface area contributed by atoms with E-state index in [1.807, 2.05) is 30.3 Å². The first-order chi connectivity index (χ1) is 18.2. The zero-order chi connectivity index (χ0) is 24.8. The highest BCUT2D eigenvalue weighted by Crippen LogP contribution is 2.35. The molecule has 3 aliphatic heterocycles. The van der Waals surface area contributed by atoms with Crippen molar-refractivity contribution in [2.75, 3.05) is 26.2 Å². The molecule has 2 fully saturated rings. The molecule has 2 unspecified atom stereocenters. The van der Waals surface area contributed by atoms with Crippen LogP contribution in [0.1, 0.15) is 23.7 Å². The third-order valence-corrected chi connectivity index (χ3v) is 8.05. The normalized spacial score (nSPS) is 22.6. The summed E-state index contributed by atoms with van der Waals surface area (Å²) < 4.78 is 2.16. The first-order valence-corrected chi connectivity index (χ1v) is 13.1. The fourth-order valence-electron chi connectivity index (χ4n) is 5.92. The zero-order valence-electron chi connectivity index (χ0n) is 20.8. The topological polar surface area (TPSA) is 84.4 Å². The Morgan fingerprint density at radius 3 is 2.54 bits per heavy atom. The average molecular weight is 490 g/mol. The van der Waals surface area contributed by atoms with Crippen LogP contribution in [-0.4, -0.2) is 58.0 Å². The van der Waals surface area contributed by atoms with E-state index in [2.05, 4.69) is 68.3 Å². The number of aliphatic imine (C=N–C) groups is 1. The van der Waals surface area contributed by atoms with Gasteiger partial charge in [0.2, 0.25) is 0 Å². The Labute approximate surface area is 216 Å². The fourth-order valence-corrected chi connectivity index (χ4v) is 5.92. The molecular weight excluding hydrogens is 458 g/mol. The molecule has 7 heteroatoms. The number of nitrogens with two attached hydrogens (primary N) is 1. The first kappa shape index (κ1) is 22.5. The predicted octanol–water partition coefficient (Wildman–Crippen LogP) is 3.89. The number of nitrogens with one attached hydrogen (secondary N) is 1. The minimum absolute atomic E-state index is 0.129. The van der Waals surface area contributed by atoms with Crippen LogP contribution in [0.4, 0.5) is 0 Å². The molecular formula is C30H31N7. The highest BCUT2D eigenvalue weighted by molar-refractivity contribution is 5.79. The van der Waals surface area contributed by atoms with Gasteiger partial charge in [0.1, 0.15) is 17.5 Å². The van der Waals surface area contributed by atoms with E-state index in [9.17, 15) is 0 Å². The number of rotatable bonds is 5. The van der Waals surface area contributed by atoms with Gasteiger partial charge in [-0.3, -0.25) is 14.5 Å². The van der Waals surface area contributed by atoms with E-state index in [-0.39, 0.29) is 12.1 Å².